The smallest absolute Gasteiger partial charge is 0.0805 e. The molecule has 0 aliphatic heterocycles. The molecule has 3 fully saturated rings. The summed E-state index contributed by atoms with van der Waals surface area (Å²) >= 11 is 0. The molecule has 0 aromatic rings. The highest BCUT2D eigenvalue weighted by molar-refractivity contribution is 5.23. The Hall–Kier alpha value is -0.340. The van der Waals surface area contributed by atoms with Gasteiger partial charge < -0.3 is 10.2 Å². The predicted molar refractivity (Wildman–Crippen MR) is 92.9 cm³/mol. The Morgan fingerprint density at radius 3 is 2.35 bits per heavy atom. The second kappa shape index (κ2) is 4.64. The molecule has 4 rings (SSSR count). The van der Waals surface area contributed by atoms with Gasteiger partial charge in [-0.1, -0.05) is 32.9 Å². The van der Waals surface area contributed by atoms with Crippen molar-refractivity contribution in [3.63, 3.8) is 0 Å². The largest absolute Gasteiger partial charge is 0.393 e. The summed E-state index contributed by atoms with van der Waals surface area (Å²) in [4.78, 5) is 0. The van der Waals surface area contributed by atoms with Crippen LogP contribution in [0.2, 0.25) is 0 Å². The van der Waals surface area contributed by atoms with Gasteiger partial charge in [0.05, 0.1) is 11.7 Å². The van der Waals surface area contributed by atoms with Crippen molar-refractivity contribution in [1.82, 2.24) is 0 Å². The minimum absolute atomic E-state index is 0.0859. The third-order valence-corrected chi connectivity index (χ3v) is 9.02. The molecule has 4 aliphatic rings. The van der Waals surface area contributed by atoms with Gasteiger partial charge in [0.1, 0.15) is 0 Å². The van der Waals surface area contributed by atoms with Gasteiger partial charge in [0.2, 0.25) is 0 Å². The SMILES string of the molecule is CC1(O)C=C[C@@]2(C)C3CC[C@]4(C)C(CC[C@H]4O)C3CC[C@]2(C)C1. The van der Waals surface area contributed by atoms with Gasteiger partial charge in [-0.3, -0.25) is 0 Å². The van der Waals surface area contributed by atoms with Gasteiger partial charge in [0, 0.05) is 0 Å². The Kier molecular flexibility index (Phi) is 3.25. The first-order chi connectivity index (χ1) is 10.6. The average molecular weight is 319 g/mol. The van der Waals surface area contributed by atoms with Gasteiger partial charge in [0.25, 0.3) is 0 Å². The molecule has 0 spiro atoms. The topological polar surface area (TPSA) is 40.5 Å². The minimum atomic E-state index is -0.645. The van der Waals surface area contributed by atoms with Crippen molar-refractivity contribution in [3.8, 4) is 0 Å². The van der Waals surface area contributed by atoms with Crippen molar-refractivity contribution in [2.45, 2.75) is 84.3 Å². The molecular formula is C21H34O2. The fraction of sp³-hybridized carbons (Fsp3) is 0.905. The number of aliphatic hydroxyl groups is 2. The summed E-state index contributed by atoms with van der Waals surface area (Å²) in [6.45, 7) is 9.19. The van der Waals surface area contributed by atoms with Crippen LogP contribution in [0.1, 0.15) is 72.6 Å². The second-order valence-electron chi connectivity index (χ2n) is 10.3. The molecule has 4 unspecified atom stereocenters. The molecule has 0 amide bonds. The van der Waals surface area contributed by atoms with E-state index in [4.69, 9.17) is 0 Å². The first-order valence-corrected chi connectivity index (χ1v) is 9.72. The molecule has 0 aromatic heterocycles. The lowest BCUT2D eigenvalue weighted by Gasteiger charge is -2.64. The van der Waals surface area contributed by atoms with Gasteiger partial charge in [-0.15, -0.1) is 0 Å². The quantitative estimate of drug-likeness (QED) is 0.654. The Morgan fingerprint density at radius 1 is 0.870 bits per heavy atom. The van der Waals surface area contributed by atoms with E-state index in [0.29, 0.717) is 5.92 Å². The standard InChI is InChI=1S/C21H34O2/c1-18-9-7-14-15-5-6-17(22)20(15,3)10-8-16(14)21(18,4)12-11-19(2,23)13-18/h11-12,14-17,22-23H,5-10,13H2,1-4H3/t14?,15?,16?,17-,18-,19?,20-,21+/m1/s1. The predicted octanol–water partition coefficient (Wildman–Crippen LogP) is 4.31. The van der Waals surface area contributed by atoms with Crippen molar-refractivity contribution >= 4 is 0 Å². The van der Waals surface area contributed by atoms with Crippen LogP contribution in [0.3, 0.4) is 0 Å². The van der Waals surface area contributed by atoms with Crippen LogP contribution < -0.4 is 0 Å². The van der Waals surface area contributed by atoms with E-state index in [0.717, 1.165) is 24.7 Å². The molecular weight excluding hydrogens is 284 g/mol. The van der Waals surface area contributed by atoms with Gasteiger partial charge >= 0.3 is 0 Å². The van der Waals surface area contributed by atoms with E-state index in [1.807, 2.05) is 6.92 Å². The maximum absolute atomic E-state index is 10.6. The Bertz CT molecular complexity index is 538. The van der Waals surface area contributed by atoms with Crippen LogP contribution in [0.25, 0.3) is 0 Å². The summed E-state index contributed by atoms with van der Waals surface area (Å²) < 4.78 is 0. The third-order valence-electron chi connectivity index (χ3n) is 9.02. The van der Waals surface area contributed by atoms with Gasteiger partial charge in [-0.25, -0.2) is 0 Å². The van der Waals surface area contributed by atoms with Crippen molar-refractivity contribution in [2.75, 3.05) is 0 Å². The Labute approximate surface area is 141 Å². The highest BCUT2D eigenvalue weighted by Crippen LogP contribution is 2.69. The fourth-order valence-electron chi connectivity index (χ4n) is 7.41. The van der Waals surface area contributed by atoms with E-state index in [1.165, 1.54) is 32.1 Å². The molecule has 0 saturated heterocycles. The normalized spacial score (nSPS) is 61.7. The van der Waals surface area contributed by atoms with Crippen molar-refractivity contribution in [2.24, 2.45) is 34.0 Å². The monoisotopic (exact) mass is 318 g/mol. The number of hydrogen-bond acceptors (Lipinski definition) is 2. The lowest BCUT2D eigenvalue weighted by atomic mass is 9.41. The molecule has 2 nitrogen and oxygen atoms in total. The molecule has 4 aliphatic carbocycles. The third kappa shape index (κ3) is 2.00. The zero-order valence-corrected chi connectivity index (χ0v) is 15.3. The van der Waals surface area contributed by atoms with Gasteiger partial charge in [0.15, 0.2) is 0 Å². The van der Waals surface area contributed by atoms with Crippen LogP contribution in [0.15, 0.2) is 12.2 Å². The van der Waals surface area contributed by atoms with Crippen molar-refractivity contribution in [1.29, 1.82) is 0 Å². The number of aliphatic hydroxyl groups excluding tert-OH is 1. The lowest BCUT2D eigenvalue weighted by Crippen LogP contribution is -2.58. The summed E-state index contributed by atoms with van der Waals surface area (Å²) in [6, 6.07) is 0. The molecule has 0 aromatic carbocycles. The van der Waals surface area contributed by atoms with E-state index in [1.54, 1.807) is 0 Å². The van der Waals surface area contributed by atoms with E-state index in [-0.39, 0.29) is 22.3 Å². The first kappa shape index (κ1) is 16.1. The summed E-state index contributed by atoms with van der Waals surface area (Å²) in [5.41, 5.74) is -0.0760. The van der Waals surface area contributed by atoms with Crippen molar-refractivity contribution in [3.05, 3.63) is 12.2 Å². The van der Waals surface area contributed by atoms with Crippen LogP contribution >= 0.6 is 0 Å². The molecule has 0 bridgehead atoms. The summed E-state index contributed by atoms with van der Waals surface area (Å²) in [5.74, 6) is 2.18. The number of fused-ring (bicyclic) bond motifs is 5. The van der Waals surface area contributed by atoms with E-state index in [2.05, 4.69) is 32.9 Å². The molecule has 2 N–H and O–H groups in total. The van der Waals surface area contributed by atoms with E-state index >= 15 is 0 Å². The van der Waals surface area contributed by atoms with Crippen LogP contribution in [0, 0.1) is 34.0 Å². The summed E-state index contributed by atoms with van der Waals surface area (Å²) in [6.07, 6.45) is 12.4. The maximum atomic E-state index is 10.6. The minimum Gasteiger partial charge on any atom is -0.393 e. The molecule has 2 heteroatoms. The molecule has 23 heavy (non-hydrogen) atoms. The lowest BCUT2D eigenvalue weighted by molar-refractivity contribution is -0.142. The molecule has 0 heterocycles. The second-order valence-corrected chi connectivity index (χ2v) is 10.3. The fourth-order valence-corrected chi connectivity index (χ4v) is 7.41. The van der Waals surface area contributed by atoms with Gasteiger partial charge in [-0.05, 0) is 85.9 Å². The van der Waals surface area contributed by atoms with Crippen LogP contribution in [-0.2, 0) is 0 Å². The molecule has 130 valence electrons. The summed E-state index contributed by atoms with van der Waals surface area (Å²) in [7, 11) is 0. The highest BCUT2D eigenvalue weighted by atomic mass is 16.3. The van der Waals surface area contributed by atoms with E-state index in [9.17, 15) is 10.2 Å². The average Bonchev–Trinajstić information content (AvgIpc) is 2.76. The van der Waals surface area contributed by atoms with Crippen LogP contribution in [-0.4, -0.2) is 21.9 Å². The Morgan fingerprint density at radius 2 is 1.61 bits per heavy atom. The highest BCUT2D eigenvalue weighted by Gasteiger charge is 2.63. The number of rotatable bonds is 0. The molecule has 0 radical (unpaired) electrons. The van der Waals surface area contributed by atoms with Crippen LogP contribution in [0.4, 0.5) is 0 Å². The Balaban J connectivity index is 1.72. The van der Waals surface area contributed by atoms with Crippen LogP contribution in [0.5, 0.6) is 0 Å². The summed E-state index contributed by atoms with van der Waals surface area (Å²) in [5, 5.41) is 21.1. The first-order valence-electron chi connectivity index (χ1n) is 9.72. The molecule has 8 atom stereocenters. The van der Waals surface area contributed by atoms with E-state index < -0.39 is 5.60 Å². The number of allylic oxidation sites excluding steroid dienone is 1. The maximum Gasteiger partial charge on any atom is 0.0805 e. The van der Waals surface area contributed by atoms with Crippen molar-refractivity contribution < 1.29 is 10.2 Å². The zero-order chi connectivity index (χ0) is 16.7. The molecule has 3 saturated carbocycles. The van der Waals surface area contributed by atoms with Gasteiger partial charge in [-0.2, -0.15) is 0 Å². The zero-order valence-electron chi connectivity index (χ0n) is 15.3. The number of hydrogen-bond donors (Lipinski definition) is 2.